The maximum atomic E-state index is 14.5. The Hall–Kier alpha value is -2.80. The molecule has 7 heteroatoms. The summed E-state index contributed by atoms with van der Waals surface area (Å²) in [4.78, 5) is 20.6. The average molecular weight is 370 g/mol. The Kier molecular flexibility index (Phi) is 4.61. The first-order valence-electron chi connectivity index (χ1n) is 8.89. The standard InChI is InChI=1S/C20H20F2N4O/c1-25-6-8-26(9-7-25)19-5-3-14(11-17(19)22)23-12-16-15-10-13(21)2-4-18(15)24-20(16)27/h2-5,10-12,16H,6-9H2,1H3,(H,24,27). The zero-order valence-electron chi connectivity index (χ0n) is 15.0. The van der Waals surface area contributed by atoms with Crippen LogP contribution in [0.2, 0.25) is 0 Å². The summed E-state index contributed by atoms with van der Waals surface area (Å²) >= 11 is 0. The van der Waals surface area contributed by atoms with Gasteiger partial charge in [0, 0.05) is 44.1 Å². The Morgan fingerprint density at radius 2 is 1.89 bits per heavy atom. The number of hydrogen-bond acceptors (Lipinski definition) is 4. The van der Waals surface area contributed by atoms with E-state index >= 15 is 0 Å². The van der Waals surface area contributed by atoms with Crippen LogP contribution in [0, 0.1) is 11.6 Å². The molecule has 2 aromatic rings. The Morgan fingerprint density at radius 1 is 1.11 bits per heavy atom. The lowest BCUT2D eigenvalue weighted by Gasteiger charge is -2.34. The van der Waals surface area contributed by atoms with Gasteiger partial charge in [-0.1, -0.05) is 0 Å². The first-order valence-corrected chi connectivity index (χ1v) is 8.89. The smallest absolute Gasteiger partial charge is 0.237 e. The second-order valence-electron chi connectivity index (χ2n) is 6.90. The number of fused-ring (bicyclic) bond motifs is 1. The van der Waals surface area contributed by atoms with E-state index in [0.29, 0.717) is 22.6 Å². The van der Waals surface area contributed by atoms with E-state index in [0.717, 1.165) is 26.2 Å². The summed E-state index contributed by atoms with van der Waals surface area (Å²) in [5.74, 6) is -1.70. The second-order valence-corrected chi connectivity index (χ2v) is 6.90. The molecule has 5 nitrogen and oxygen atoms in total. The third-order valence-electron chi connectivity index (χ3n) is 5.04. The highest BCUT2D eigenvalue weighted by Gasteiger charge is 2.29. The Balaban J connectivity index is 1.53. The fourth-order valence-corrected chi connectivity index (χ4v) is 3.44. The summed E-state index contributed by atoms with van der Waals surface area (Å²) in [6.45, 7) is 3.35. The number of piperazine rings is 1. The summed E-state index contributed by atoms with van der Waals surface area (Å²) in [6.07, 6.45) is 1.44. The van der Waals surface area contributed by atoms with E-state index < -0.39 is 11.7 Å². The number of carbonyl (C=O) groups is 1. The monoisotopic (exact) mass is 370 g/mol. The van der Waals surface area contributed by atoms with Crippen LogP contribution >= 0.6 is 0 Å². The van der Waals surface area contributed by atoms with Crippen molar-refractivity contribution in [1.29, 1.82) is 0 Å². The average Bonchev–Trinajstić information content (AvgIpc) is 2.95. The van der Waals surface area contributed by atoms with Gasteiger partial charge in [0.15, 0.2) is 0 Å². The van der Waals surface area contributed by atoms with Crippen molar-refractivity contribution < 1.29 is 13.6 Å². The molecule has 2 aliphatic heterocycles. The number of nitrogens with zero attached hydrogens (tertiary/aromatic N) is 3. The minimum atomic E-state index is -0.684. The summed E-state index contributed by atoms with van der Waals surface area (Å²) in [5, 5.41) is 2.70. The molecule has 4 rings (SSSR count). The van der Waals surface area contributed by atoms with Crippen LogP contribution < -0.4 is 10.2 Å². The molecular formula is C20H20F2N4O. The zero-order valence-corrected chi connectivity index (χ0v) is 15.0. The number of nitrogens with one attached hydrogen (secondary N) is 1. The van der Waals surface area contributed by atoms with Gasteiger partial charge >= 0.3 is 0 Å². The highest BCUT2D eigenvalue weighted by Crippen LogP contribution is 2.32. The predicted molar refractivity (Wildman–Crippen MR) is 102 cm³/mol. The lowest BCUT2D eigenvalue weighted by Crippen LogP contribution is -2.44. The number of benzene rings is 2. The number of aliphatic imine (C=N–C) groups is 1. The Bertz CT molecular complexity index is 907. The van der Waals surface area contributed by atoms with Crippen molar-refractivity contribution in [3.63, 3.8) is 0 Å². The van der Waals surface area contributed by atoms with Crippen LogP contribution in [0.15, 0.2) is 41.4 Å². The Labute approximate surface area is 156 Å². The first kappa shape index (κ1) is 17.6. The van der Waals surface area contributed by atoms with E-state index in [-0.39, 0.29) is 11.7 Å². The largest absolute Gasteiger partial charge is 0.367 e. The van der Waals surface area contributed by atoms with Gasteiger partial charge in [0.25, 0.3) is 0 Å². The van der Waals surface area contributed by atoms with E-state index in [9.17, 15) is 13.6 Å². The van der Waals surface area contributed by atoms with E-state index in [1.165, 1.54) is 30.5 Å². The molecule has 1 saturated heterocycles. The van der Waals surface area contributed by atoms with E-state index in [1.807, 2.05) is 4.90 Å². The van der Waals surface area contributed by atoms with Gasteiger partial charge < -0.3 is 15.1 Å². The van der Waals surface area contributed by atoms with E-state index in [1.54, 1.807) is 12.1 Å². The zero-order chi connectivity index (χ0) is 19.0. The molecule has 0 aliphatic carbocycles. The third kappa shape index (κ3) is 3.55. The van der Waals surface area contributed by atoms with Gasteiger partial charge in [0.1, 0.15) is 17.6 Å². The number of likely N-dealkylation sites (N-methyl/N-ethyl adjacent to an activating group) is 1. The Morgan fingerprint density at radius 3 is 2.63 bits per heavy atom. The number of carbonyl (C=O) groups excluding carboxylic acids is 1. The molecule has 0 spiro atoms. The van der Waals surface area contributed by atoms with Crippen molar-refractivity contribution in [2.75, 3.05) is 43.4 Å². The van der Waals surface area contributed by atoms with Crippen molar-refractivity contribution in [2.45, 2.75) is 5.92 Å². The van der Waals surface area contributed by atoms with Gasteiger partial charge in [-0.3, -0.25) is 9.79 Å². The van der Waals surface area contributed by atoms with Crippen molar-refractivity contribution in [3.05, 3.63) is 53.6 Å². The van der Waals surface area contributed by atoms with Crippen molar-refractivity contribution >= 4 is 29.2 Å². The maximum Gasteiger partial charge on any atom is 0.237 e. The quantitative estimate of drug-likeness (QED) is 0.845. The lowest BCUT2D eigenvalue weighted by atomic mass is 10.0. The van der Waals surface area contributed by atoms with Gasteiger partial charge in [-0.25, -0.2) is 8.78 Å². The summed E-state index contributed by atoms with van der Waals surface area (Å²) < 4.78 is 28.0. The van der Waals surface area contributed by atoms with Gasteiger partial charge in [-0.05, 0) is 42.9 Å². The molecule has 1 atom stereocenters. The van der Waals surface area contributed by atoms with Gasteiger partial charge in [0.05, 0.1) is 11.4 Å². The number of rotatable bonds is 3. The van der Waals surface area contributed by atoms with Gasteiger partial charge in [-0.15, -0.1) is 0 Å². The number of halogens is 2. The molecule has 2 heterocycles. The molecule has 2 aliphatic rings. The third-order valence-corrected chi connectivity index (χ3v) is 5.04. The van der Waals surface area contributed by atoms with Crippen molar-refractivity contribution in [2.24, 2.45) is 4.99 Å². The van der Waals surface area contributed by atoms with Crippen LogP contribution in [0.4, 0.5) is 25.8 Å². The topological polar surface area (TPSA) is 47.9 Å². The second kappa shape index (κ2) is 7.08. The van der Waals surface area contributed by atoms with Crippen LogP contribution in [-0.2, 0) is 4.79 Å². The molecule has 2 aromatic carbocycles. The fraction of sp³-hybridized carbons (Fsp3) is 0.300. The molecule has 0 bridgehead atoms. The minimum absolute atomic E-state index is 0.270. The van der Waals surface area contributed by atoms with Gasteiger partial charge in [-0.2, -0.15) is 0 Å². The molecule has 0 radical (unpaired) electrons. The minimum Gasteiger partial charge on any atom is -0.367 e. The normalized spacial score (nSPS) is 20.2. The molecule has 1 fully saturated rings. The van der Waals surface area contributed by atoms with Crippen molar-refractivity contribution in [1.82, 2.24) is 4.90 Å². The summed E-state index contributed by atoms with van der Waals surface area (Å²) in [5.41, 5.74) is 2.10. The molecule has 1 amide bonds. The van der Waals surface area contributed by atoms with Crippen LogP contribution in [0.5, 0.6) is 0 Å². The maximum absolute atomic E-state index is 14.5. The summed E-state index contributed by atoms with van der Waals surface area (Å²) in [7, 11) is 2.05. The SMILES string of the molecule is CN1CCN(c2ccc(N=CC3C(=O)Nc4ccc(F)cc43)cc2F)CC1. The molecule has 140 valence electrons. The molecular weight excluding hydrogens is 350 g/mol. The molecule has 27 heavy (non-hydrogen) atoms. The van der Waals surface area contributed by atoms with Crippen molar-refractivity contribution in [3.8, 4) is 0 Å². The molecule has 1 unspecified atom stereocenters. The van der Waals surface area contributed by atoms with Crippen LogP contribution in [-0.4, -0.2) is 50.2 Å². The molecule has 0 saturated carbocycles. The first-order chi connectivity index (χ1) is 13.0. The lowest BCUT2D eigenvalue weighted by molar-refractivity contribution is -0.115. The molecule has 1 N–H and O–H groups in total. The number of amides is 1. The van der Waals surface area contributed by atoms with Gasteiger partial charge in [0.2, 0.25) is 5.91 Å². The van der Waals surface area contributed by atoms with Crippen LogP contribution in [0.3, 0.4) is 0 Å². The number of anilines is 2. The predicted octanol–water partition coefficient (Wildman–Crippen LogP) is 3.15. The van der Waals surface area contributed by atoms with E-state index in [4.69, 9.17) is 0 Å². The molecule has 0 aromatic heterocycles. The fourth-order valence-electron chi connectivity index (χ4n) is 3.44. The highest BCUT2D eigenvalue weighted by atomic mass is 19.1. The summed E-state index contributed by atoms with van der Waals surface area (Å²) in [6, 6.07) is 8.96. The number of hydrogen-bond donors (Lipinski definition) is 1. The highest BCUT2D eigenvalue weighted by molar-refractivity contribution is 6.12. The van der Waals surface area contributed by atoms with Crippen LogP contribution in [0.1, 0.15) is 11.5 Å². The van der Waals surface area contributed by atoms with Crippen LogP contribution in [0.25, 0.3) is 0 Å². The van der Waals surface area contributed by atoms with E-state index in [2.05, 4.69) is 22.3 Å².